The summed E-state index contributed by atoms with van der Waals surface area (Å²) in [6.07, 6.45) is 0.969. The minimum absolute atomic E-state index is 0. The molecule has 1 aliphatic rings. The van der Waals surface area contributed by atoms with Crippen LogP contribution in [0.2, 0.25) is 0 Å². The molecule has 0 saturated carbocycles. The zero-order valence-electron chi connectivity index (χ0n) is 18.6. The second kappa shape index (κ2) is 14.3. The molecule has 1 aliphatic heterocycles. The summed E-state index contributed by atoms with van der Waals surface area (Å²) in [5, 5.41) is 0. The van der Waals surface area contributed by atoms with E-state index in [2.05, 4.69) is 28.1 Å². The quantitative estimate of drug-likeness (QED) is 0.244. The van der Waals surface area contributed by atoms with E-state index in [1.165, 1.54) is 17.2 Å². The Balaban J connectivity index is 0. The molecule has 5 atom stereocenters. The van der Waals surface area contributed by atoms with Crippen LogP contribution in [0, 0.1) is 0 Å². The Hall–Kier alpha value is 1.07. The van der Waals surface area contributed by atoms with Crippen molar-refractivity contribution < 1.29 is 127 Å². The first-order chi connectivity index (χ1) is 13.8. The van der Waals surface area contributed by atoms with E-state index in [0.717, 1.165) is 0 Å². The Morgan fingerprint density at radius 3 is 2.24 bits per heavy atom. The van der Waals surface area contributed by atoms with Gasteiger partial charge in [0, 0.05) is 12.5 Å². The van der Waals surface area contributed by atoms with Gasteiger partial charge in [0.05, 0.1) is 26.9 Å². The van der Waals surface area contributed by atoms with E-state index in [1.807, 2.05) is 0 Å². The maximum absolute atomic E-state index is 11.6. The van der Waals surface area contributed by atoms with Crippen LogP contribution in [0.3, 0.4) is 0 Å². The van der Waals surface area contributed by atoms with Gasteiger partial charge in [0.2, 0.25) is 0 Å². The Labute approximate surface area is 240 Å². The second-order valence-electron chi connectivity index (χ2n) is 5.91. The third-order valence-corrected chi connectivity index (χ3v) is 7.44. The fraction of sp³-hybridized carbons (Fsp3) is 0.500. The third kappa shape index (κ3) is 10.1. The zero-order valence-corrected chi connectivity index (χ0v) is 21.3. The van der Waals surface area contributed by atoms with Crippen molar-refractivity contribution in [2.75, 3.05) is 12.3 Å². The van der Waals surface area contributed by atoms with Crippen LogP contribution in [0.5, 0.6) is 0 Å². The van der Waals surface area contributed by atoms with Gasteiger partial charge in [-0.15, -0.1) is 0 Å². The molecule has 168 valence electrons. The molecule has 3 rings (SSSR count). The summed E-state index contributed by atoms with van der Waals surface area (Å²) in [4.78, 5) is 55.3. The van der Waals surface area contributed by atoms with Gasteiger partial charge in [-0.3, -0.25) is 18.0 Å². The summed E-state index contributed by atoms with van der Waals surface area (Å²) in [5.41, 5.74) is 12.2. The zero-order chi connectivity index (χ0) is 22.3. The van der Waals surface area contributed by atoms with Crippen LogP contribution >= 0.6 is 23.5 Å². The molecule has 2 aromatic rings. The fourth-order valence-electron chi connectivity index (χ4n) is 2.61. The Kier molecular flexibility index (Phi) is 15.6. The molecule has 0 aromatic carbocycles. The van der Waals surface area contributed by atoms with Crippen molar-refractivity contribution in [3.05, 3.63) is 12.7 Å². The summed E-state index contributed by atoms with van der Waals surface area (Å²) in [6.45, 7) is -0.783. The molecule has 1 fully saturated rings. The smallest absolute Gasteiger partial charge is 0.790 e. The van der Waals surface area contributed by atoms with E-state index in [9.17, 15) is 33.3 Å². The van der Waals surface area contributed by atoms with E-state index in [-0.39, 0.29) is 87.7 Å². The molecule has 3 heterocycles. The minimum atomic E-state index is -6.07. The largest absolute Gasteiger partial charge is 1.00 e. The molecule has 1 saturated heterocycles. The molecule has 24 heteroatoms. The molecule has 34 heavy (non-hydrogen) atoms. The van der Waals surface area contributed by atoms with E-state index in [4.69, 9.17) is 16.2 Å². The molecule has 0 bridgehead atoms. The van der Waals surface area contributed by atoms with Crippen LogP contribution in [0.1, 0.15) is 12.6 Å². The Morgan fingerprint density at radius 2 is 1.65 bits per heavy atom. The first kappa shape index (κ1) is 37.2. The first-order valence-corrected chi connectivity index (χ1v) is 12.2. The fourth-order valence-corrected chi connectivity index (χ4v) is 5.48. The van der Waals surface area contributed by atoms with Crippen LogP contribution in [-0.2, 0) is 31.6 Å². The van der Waals surface area contributed by atoms with E-state index in [0.29, 0.717) is 11.2 Å². The van der Waals surface area contributed by atoms with Gasteiger partial charge in [-0.25, -0.2) is 19.3 Å². The van der Waals surface area contributed by atoms with Gasteiger partial charge in [0.15, 0.2) is 11.5 Å². The van der Waals surface area contributed by atoms with Crippen molar-refractivity contribution in [2.24, 2.45) is 5.73 Å². The number of rotatable bonds is 8. The van der Waals surface area contributed by atoms with Crippen molar-refractivity contribution in [3.8, 4) is 0 Å². The van der Waals surface area contributed by atoms with Gasteiger partial charge in [-0.2, -0.15) is 0 Å². The predicted octanol–water partition coefficient (Wildman–Crippen LogP) is -15.1. The van der Waals surface area contributed by atoms with Crippen LogP contribution in [0.15, 0.2) is 12.7 Å². The number of nitrogens with zero attached hydrogens (tertiary/aromatic N) is 4. The average molecular weight is 514 g/mol. The van der Waals surface area contributed by atoms with Crippen LogP contribution < -0.4 is 106 Å². The van der Waals surface area contributed by atoms with Crippen molar-refractivity contribution >= 4 is 40.4 Å². The van der Waals surface area contributed by atoms with Crippen molar-refractivity contribution in [1.82, 2.24) is 19.5 Å². The predicted molar refractivity (Wildman–Crippen MR) is 87.2 cm³/mol. The van der Waals surface area contributed by atoms with E-state index in [1.54, 1.807) is 0 Å². The number of anilines is 1. The number of phosphoric acid groups is 3. The number of fused-ring (bicyclic) bond motifs is 1. The summed E-state index contributed by atoms with van der Waals surface area (Å²) in [7, 11) is -17.8. The number of hydrogen-bond acceptors (Lipinski definition) is 16. The molecule has 4 N–H and O–H groups in total. The number of hydrogen-bond donors (Lipinski definition) is 2. The normalized spacial score (nSPS) is 23.4. The van der Waals surface area contributed by atoms with Gasteiger partial charge >= 0.3 is 75.4 Å². The van der Waals surface area contributed by atoms with Crippen LogP contribution in [0.4, 0.5) is 5.82 Å². The number of imidazole rings is 1. The van der Waals surface area contributed by atoms with Gasteiger partial charge < -0.3 is 44.9 Å². The van der Waals surface area contributed by atoms with Gasteiger partial charge in [-0.1, -0.05) is 0 Å². The SMILES string of the molecule is Nc1ncnc2c1ncn2C1CC(N)C(COP(=O)([O-])OP(=O)([O-])OP(=O)([O-])[O-])O1.[Li+].[Li+].[Li+].[Li+]. The summed E-state index contributed by atoms with van der Waals surface area (Å²) < 4.78 is 51.1. The van der Waals surface area contributed by atoms with E-state index < -0.39 is 48.4 Å². The average Bonchev–Trinajstić information content (AvgIpc) is 3.14. The van der Waals surface area contributed by atoms with Crippen molar-refractivity contribution in [3.63, 3.8) is 0 Å². The maximum atomic E-state index is 11.6. The summed E-state index contributed by atoms with van der Waals surface area (Å²) in [5.74, 6) is 0.135. The second-order valence-corrected chi connectivity index (χ2v) is 10.2. The van der Waals surface area contributed by atoms with Gasteiger partial charge in [0.25, 0.3) is 15.6 Å². The van der Waals surface area contributed by atoms with Gasteiger partial charge in [-0.05, 0) is 0 Å². The van der Waals surface area contributed by atoms with Crippen molar-refractivity contribution in [1.29, 1.82) is 0 Å². The standard InChI is InChI=1S/C10H17N6O11P3.4Li/c11-5-1-7(16-4-15-8-9(12)13-3-14-10(8)16)25-6(5)2-24-29(20,21)27-30(22,23)26-28(17,18)19;;;;/h3-7H,1-2,11H2,(H,20,21)(H,22,23)(H2,12,13,14)(H2,17,18,19);;;;/q;4*+1/p-4. The van der Waals surface area contributed by atoms with Gasteiger partial charge in [0.1, 0.15) is 18.1 Å². The van der Waals surface area contributed by atoms with Crippen LogP contribution in [0.25, 0.3) is 11.2 Å². The van der Waals surface area contributed by atoms with Crippen molar-refractivity contribution in [2.45, 2.75) is 24.8 Å². The Morgan fingerprint density at radius 1 is 1.03 bits per heavy atom. The number of aromatic nitrogens is 4. The topological polar surface area (TPSA) is 276 Å². The molecule has 0 amide bonds. The number of ether oxygens (including phenoxy) is 1. The minimum Gasteiger partial charge on any atom is -0.790 e. The number of nitrogens with two attached hydrogens (primary N) is 2. The Bertz CT molecular complexity index is 1090. The molecule has 5 unspecified atom stereocenters. The monoisotopic (exact) mass is 514 g/mol. The molecule has 0 radical (unpaired) electrons. The summed E-state index contributed by atoms with van der Waals surface area (Å²) >= 11 is 0. The van der Waals surface area contributed by atoms with Crippen LogP contribution in [-0.4, -0.2) is 38.3 Å². The molecule has 17 nitrogen and oxygen atoms in total. The molecular formula is C10H13Li4N6O11P3. The van der Waals surface area contributed by atoms with E-state index >= 15 is 0 Å². The molecule has 0 spiro atoms. The first-order valence-electron chi connectivity index (χ1n) is 7.82. The third-order valence-electron chi connectivity index (χ3n) is 3.78. The molecular weight excluding hydrogens is 501 g/mol. The molecule has 2 aromatic heterocycles. The number of phosphoric ester groups is 1. The maximum Gasteiger partial charge on any atom is 1.00 e. The molecule has 0 aliphatic carbocycles. The number of nitrogen functional groups attached to an aromatic ring is 1. The summed E-state index contributed by atoms with van der Waals surface area (Å²) in [6, 6.07) is -0.759.